The lowest BCUT2D eigenvalue weighted by Gasteiger charge is -1.84. The van der Waals surface area contributed by atoms with Crippen molar-refractivity contribution in [1.29, 1.82) is 0 Å². The van der Waals surface area contributed by atoms with E-state index in [-0.39, 0.29) is 5.76 Å². The van der Waals surface area contributed by atoms with Crippen LogP contribution in [-0.4, -0.2) is 17.4 Å². The highest BCUT2D eigenvalue weighted by Gasteiger charge is 2.06. The van der Waals surface area contributed by atoms with Crippen molar-refractivity contribution in [3.63, 3.8) is 0 Å². The van der Waals surface area contributed by atoms with Crippen molar-refractivity contribution in [3.8, 4) is 0 Å². The molecule has 0 fully saturated rings. The Morgan fingerprint density at radius 1 is 1.54 bits per heavy atom. The van der Waals surface area contributed by atoms with E-state index in [1.165, 1.54) is 12.1 Å². The summed E-state index contributed by atoms with van der Waals surface area (Å²) in [7, 11) is 0. The summed E-state index contributed by atoms with van der Waals surface area (Å²) < 4.78 is 4.89. The molecule has 0 amide bonds. The normalized spacial score (nSPS) is 10.5. The number of aromatic carboxylic acids is 1. The van der Waals surface area contributed by atoms with Crippen molar-refractivity contribution in [2.75, 3.05) is 0 Å². The first-order valence-corrected chi connectivity index (χ1v) is 3.67. The van der Waals surface area contributed by atoms with E-state index in [9.17, 15) is 9.59 Å². The van der Waals surface area contributed by atoms with Gasteiger partial charge in [0.15, 0.2) is 0 Å². The third kappa shape index (κ3) is 2.59. The number of carbonyl (C=O) groups is 2. The minimum Gasteiger partial charge on any atom is -0.475 e. The summed E-state index contributed by atoms with van der Waals surface area (Å²) in [5, 5.41) is 8.50. The standard InChI is InChI=1S/C9H8O4/c10-6-2-1-3-7-4-5-8(13-7)9(11)12/h1,3-6H,2H2,(H,11,12). The second-order valence-electron chi connectivity index (χ2n) is 2.31. The van der Waals surface area contributed by atoms with Gasteiger partial charge in [-0.15, -0.1) is 0 Å². The van der Waals surface area contributed by atoms with Crippen LogP contribution in [0.4, 0.5) is 0 Å². The lowest BCUT2D eigenvalue weighted by atomic mass is 10.3. The van der Waals surface area contributed by atoms with Crippen molar-refractivity contribution >= 4 is 18.3 Å². The maximum atomic E-state index is 10.4. The Bertz CT molecular complexity index is 335. The van der Waals surface area contributed by atoms with Crippen LogP contribution in [0.2, 0.25) is 0 Å². The van der Waals surface area contributed by atoms with E-state index < -0.39 is 5.97 Å². The van der Waals surface area contributed by atoms with Crippen molar-refractivity contribution in [2.24, 2.45) is 0 Å². The van der Waals surface area contributed by atoms with Gasteiger partial charge in [0, 0.05) is 6.42 Å². The van der Waals surface area contributed by atoms with Gasteiger partial charge in [0.1, 0.15) is 12.0 Å². The first-order chi connectivity index (χ1) is 6.24. The van der Waals surface area contributed by atoms with E-state index in [0.717, 1.165) is 6.29 Å². The van der Waals surface area contributed by atoms with E-state index in [2.05, 4.69) is 0 Å². The van der Waals surface area contributed by atoms with Crippen LogP contribution in [0.1, 0.15) is 22.7 Å². The van der Waals surface area contributed by atoms with E-state index in [4.69, 9.17) is 9.52 Å². The molecule has 0 saturated carbocycles. The molecule has 0 aliphatic carbocycles. The molecule has 4 heteroatoms. The SMILES string of the molecule is O=CCC=Cc1ccc(C(=O)O)o1. The molecule has 0 unspecified atom stereocenters. The maximum Gasteiger partial charge on any atom is 0.371 e. The van der Waals surface area contributed by atoms with Gasteiger partial charge in [0.05, 0.1) is 0 Å². The van der Waals surface area contributed by atoms with Crippen LogP contribution in [0.5, 0.6) is 0 Å². The van der Waals surface area contributed by atoms with E-state index in [1.54, 1.807) is 12.2 Å². The van der Waals surface area contributed by atoms with Gasteiger partial charge < -0.3 is 14.3 Å². The summed E-state index contributed by atoms with van der Waals surface area (Å²) in [5.74, 6) is -0.778. The summed E-state index contributed by atoms with van der Waals surface area (Å²) in [6.45, 7) is 0. The molecule has 13 heavy (non-hydrogen) atoms. The average Bonchev–Trinajstić information content (AvgIpc) is 2.53. The lowest BCUT2D eigenvalue weighted by Crippen LogP contribution is -1.91. The first kappa shape index (κ1) is 9.25. The molecule has 0 radical (unpaired) electrons. The monoisotopic (exact) mass is 180 g/mol. The largest absolute Gasteiger partial charge is 0.475 e. The molecular weight excluding hydrogens is 172 g/mol. The molecule has 0 aliphatic heterocycles. The molecule has 4 nitrogen and oxygen atoms in total. The maximum absolute atomic E-state index is 10.4. The smallest absolute Gasteiger partial charge is 0.371 e. The predicted octanol–water partition coefficient (Wildman–Crippen LogP) is 1.58. The summed E-state index contributed by atoms with van der Waals surface area (Å²) in [6.07, 6.45) is 4.19. The summed E-state index contributed by atoms with van der Waals surface area (Å²) in [6, 6.07) is 2.90. The van der Waals surface area contributed by atoms with Gasteiger partial charge in [-0.2, -0.15) is 0 Å². The molecule has 1 aromatic heterocycles. The minimum absolute atomic E-state index is 0.106. The van der Waals surface area contributed by atoms with Crippen LogP contribution in [0, 0.1) is 0 Å². The summed E-state index contributed by atoms with van der Waals surface area (Å²) in [5.41, 5.74) is 0. The third-order valence-corrected chi connectivity index (χ3v) is 1.35. The Balaban J connectivity index is 2.69. The van der Waals surface area contributed by atoms with Crippen molar-refractivity contribution in [3.05, 3.63) is 29.7 Å². The van der Waals surface area contributed by atoms with Crippen LogP contribution < -0.4 is 0 Å². The molecular formula is C9H8O4. The lowest BCUT2D eigenvalue weighted by molar-refractivity contribution is -0.107. The molecule has 1 rings (SSSR count). The van der Waals surface area contributed by atoms with Gasteiger partial charge in [-0.3, -0.25) is 0 Å². The first-order valence-electron chi connectivity index (χ1n) is 3.67. The van der Waals surface area contributed by atoms with E-state index >= 15 is 0 Å². The second-order valence-corrected chi connectivity index (χ2v) is 2.31. The van der Waals surface area contributed by atoms with Gasteiger partial charge in [0.2, 0.25) is 5.76 Å². The van der Waals surface area contributed by atoms with Crippen LogP contribution in [0.25, 0.3) is 6.08 Å². The summed E-state index contributed by atoms with van der Waals surface area (Å²) >= 11 is 0. The molecule has 1 heterocycles. The molecule has 0 aromatic carbocycles. The number of aldehydes is 1. The molecule has 68 valence electrons. The molecule has 0 saturated heterocycles. The van der Waals surface area contributed by atoms with Crippen molar-refractivity contribution in [2.45, 2.75) is 6.42 Å². The number of carboxylic acids is 1. The van der Waals surface area contributed by atoms with Crippen LogP contribution in [0.3, 0.4) is 0 Å². The molecule has 1 N–H and O–H groups in total. The Hall–Kier alpha value is -1.84. The zero-order chi connectivity index (χ0) is 9.68. The Morgan fingerprint density at radius 2 is 2.31 bits per heavy atom. The highest BCUT2D eigenvalue weighted by atomic mass is 16.4. The number of allylic oxidation sites excluding steroid dienone is 1. The van der Waals surface area contributed by atoms with Crippen molar-refractivity contribution in [1.82, 2.24) is 0 Å². The van der Waals surface area contributed by atoms with Gasteiger partial charge >= 0.3 is 5.97 Å². The van der Waals surface area contributed by atoms with Gasteiger partial charge in [-0.05, 0) is 18.2 Å². The Morgan fingerprint density at radius 3 is 2.85 bits per heavy atom. The van der Waals surface area contributed by atoms with Crippen LogP contribution in [0.15, 0.2) is 22.6 Å². The van der Waals surface area contributed by atoms with E-state index in [1.807, 2.05) is 0 Å². The fraction of sp³-hybridized carbons (Fsp3) is 0.111. The number of furan rings is 1. The highest BCUT2D eigenvalue weighted by Crippen LogP contribution is 2.09. The van der Waals surface area contributed by atoms with Gasteiger partial charge in [-0.25, -0.2) is 4.79 Å². The molecule has 0 atom stereocenters. The number of carboxylic acid groups (broad SMARTS) is 1. The third-order valence-electron chi connectivity index (χ3n) is 1.35. The average molecular weight is 180 g/mol. The number of hydrogen-bond donors (Lipinski definition) is 1. The highest BCUT2D eigenvalue weighted by molar-refractivity contribution is 5.84. The molecule has 0 bridgehead atoms. The zero-order valence-corrected chi connectivity index (χ0v) is 6.77. The van der Waals surface area contributed by atoms with Crippen LogP contribution in [-0.2, 0) is 4.79 Å². The molecule has 0 aliphatic rings. The predicted molar refractivity (Wildman–Crippen MR) is 45.4 cm³/mol. The number of rotatable bonds is 4. The van der Waals surface area contributed by atoms with Crippen LogP contribution >= 0.6 is 0 Å². The quantitative estimate of drug-likeness (QED) is 0.714. The zero-order valence-electron chi connectivity index (χ0n) is 6.77. The topological polar surface area (TPSA) is 67.5 Å². The Labute approximate surface area is 74.5 Å². The number of hydrogen-bond acceptors (Lipinski definition) is 3. The molecule has 0 spiro atoms. The fourth-order valence-electron chi connectivity index (χ4n) is 0.797. The van der Waals surface area contributed by atoms with Crippen molar-refractivity contribution < 1.29 is 19.1 Å². The summed E-state index contributed by atoms with van der Waals surface area (Å²) in [4.78, 5) is 20.3. The minimum atomic E-state index is -1.10. The Kier molecular flexibility index (Phi) is 3.03. The van der Waals surface area contributed by atoms with Gasteiger partial charge in [0.25, 0.3) is 0 Å². The molecule has 1 aromatic rings. The van der Waals surface area contributed by atoms with E-state index in [0.29, 0.717) is 12.2 Å². The number of carbonyl (C=O) groups excluding carboxylic acids is 1. The second kappa shape index (κ2) is 4.25. The fourth-order valence-corrected chi connectivity index (χ4v) is 0.797. The van der Waals surface area contributed by atoms with Gasteiger partial charge in [-0.1, -0.05) is 6.08 Å².